The lowest BCUT2D eigenvalue weighted by Gasteiger charge is -2.05. The normalized spacial score (nSPS) is 10.0. The molecule has 1 aromatic rings. The van der Waals surface area contributed by atoms with Gasteiger partial charge < -0.3 is 0 Å². The van der Waals surface area contributed by atoms with Gasteiger partial charge in [-0.1, -0.05) is 12.1 Å². The van der Waals surface area contributed by atoms with E-state index >= 15 is 0 Å². The molecule has 0 atom stereocenters. The summed E-state index contributed by atoms with van der Waals surface area (Å²) < 4.78 is 24.6. The number of isocyanates is 1. The predicted octanol–water partition coefficient (Wildman–Crippen LogP) is 2.77. The van der Waals surface area contributed by atoms with E-state index in [-0.39, 0.29) is 12.1 Å². The van der Waals surface area contributed by atoms with Crippen molar-refractivity contribution in [3.05, 3.63) is 34.9 Å². The molecule has 1 aromatic carbocycles. The number of carbonyl (C=O) groups excluding carboxylic acids is 1. The van der Waals surface area contributed by atoms with Crippen molar-refractivity contribution < 1.29 is 13.6 Å². The summed E-state index contributed by atoms with van der Waals surface area (Å²) >= 11 is 0. The minimum Gasteiger partial charge on any atom is -0.211 e. The Kier molecular flexibility index (Phi) is 3.48. The van der Waals surface area contributed by atoms with Crippen LogP contribution in [0.5, 0.6) is 0 Å². The number of rotatable bonds is 3. The number of aryl methyl sites for hydroxylation is 1. The molecule has 0 saturated carbocycles. The van der Waals surface area contributed by atoms with Crippen LogP contribution in [0.15, 0.2) is 23.2 Å². The number of aliphatic imine (C=N–C) groups is 1. The maximum absolute atomic E-state index is 12.3. The highest BCUT2D eigenvalue weighted by molar-refractivity contribution is 5.36. The summed E-state index contributed by atoms with van der Waals surface area (Å²) in [5.74, 6) is 0. The average molecular weight is 197 g/mol. The van der Waals surface area contributed by atoms with Crippen molar-refractivity contribution >= 4 is 6.08 Å². The van der Waals surface area contributed by atoms with E-state index in [2.05, 4.69) is 4.99 Å². The topological polar surface area (TPSA) is 29.4 Å². The van der Waals surface area contributed by atoms with Crippen LogP contribution in [-0.2, 0) is 11.3 Å². The maximum atomic E-state index is 12.3. The van der Waals surface area contributed by atoms with Crippen LogP contribution in [0, 0.1) is 6.92 Å². The molecule has 0 amide bonds. The Balaban J connectivity index is 3.01. The van der Waals surface area contributed by atoms with Gasteiger partial charge in [0.25, 0.3) is 6.43 Å². The van der Waals surface area contributed by atoms with E-state index in [0.29, 0.717) is 5.56 Å². The molecule has 0 heterocycles. The molecule has 0 N–H and O–H groups in total. The van der Waals surface area contributed by atoms with E-state index in [4.69, 9.17) is 0 Å². The zero-order valence-corrected chi connectivity index (χ0v) is 7.63. The summed E-state index contributed by atoms with van der Waals surface area (Å²) in [7, 11) is 0. The van der Waals surface area contributed by atoms with Crippen LogP contribution < -0.4 is 0 Å². The van der Waals surface area contributed by atoms with E-state index in [9.17, 15) is 13.6 Å². The first-order valence-electron chi connectivity index (χ1n) is 4.06. The highest BCUT2D eigenvalue weighted by Crippen LogP contribution is 2.21. The first-order valence-corrected chi connectivity index (χ1v) is 4.06. The van der Waals surface area contributed by atoms with Crippen LogP contribution in [-0.4, -0.2) is 6.08 Å². The van der Waals surface area contributed by atoms with Crippen LogP contribution in [0.25, 0.3) is 0 Å². The van der Waals surface area contributed by atoms with Gasteiger partial charge in [-0.3, -0.25) is 0 Å². The summed E-state index contributed by atoms with van der Waals surface area (Å²) in [5, 5.41) is 0. The molecule has 0 aliphatic rings. The van der Waals surface area contributed by atoms with Crippen LogP contribution in [0.1, 0.15) is 23.1 Å². The fraction of sp³-hybridized carbons (Fsp3) is 0.300. The van der Waals surface area contributed by atoms with Crippen LogP contribution in [0.3, 0.4) is 0 Å². The summed E-state index contributed by atoms with van der Waals surface area (Å²) in [6.07, 6.45) is -1.11. The third-order valence-corrected chi connectivity index (χ3v) is 1.94. The third-order valence-electron chi connectivity index (χ3n) is 1.94. The van der Waals surface area contributed by atoms with Crippen LogP contribution in [0.2, 0.25) is 0 Å². The standard InChI is InChI=1S/C10H9F2NO/c1-7-2-3-8(10(11)12)4-9(7)5-13-6-14/h2-4,10H,5H2,1H3. The largest absolute Gasteiger partial charge is 0.263 e. The lowest BCUT2D eigenvalue weighted by molar-refractivity contribution is 0.151. The Labute approximate surface area is 80.3 Å². The van der Waals surface area contributed by atoms with Gasteiger partial charge in [0, 0.05) is 5.56 Å². The monoisotopic (exact) mass is 197 g/mol. The number of benzene rings is 1. The Morgan fingerprint density at radius 3 is 2.79 bits per heavy atom. The minimum atomic E-state index is -2.49. The SMILES string of the molecule is Cc1ccc(C(F)F)cc1CN=C=O. The molecule has 0 aromatic heterocycles. The molecule has 74 valence electrons. The Bertz CT molecular complexity index is 370. The van der Waals surface area contributed by atoms with E-state index in [1.54, 1.807) is 13.0 Å². The Morgan fingerprint density at radius 2 is 2.21 bits per heavy atom. The first-order chi connectivity index (χ1) is 6.65. The zero-order chi connectivity index (χ0) is 10.6. The van der Waals surface area contributed by atoms with E-state index in [1.165, 1.54) is 18.2 Å². The molecule has 0 aliphatic heterocycles. The van der Waals surface area contributed by atoms with Crippen molar-refractivity contribution in [2.24, 2.45) is 4.99 Å². The fourth-order valence-corrected chi connectivity index (χ4v) is 1.11. The van der Waals surface area contributed by atoms with Gasteiger partial charge in [-0.15, -0.1) is 0 Å². The lowest BCUT2D eigenvalue weighted by atomic mass is 10.1. The van der Waals surface area contributed by atoms with Crippen molar-refractivity contribution in [2.75, 3.05) is 0 Å². The Hall–Kier alpha value is -1.54. The second-order valence-electron chi connectivity index (χ2n) is 2.89. The summed E-state index contributed by atoms with van der Waals surface area (Å²) in [4.78, 5) is 13.2. The van der Waals surface area contributed by atoms with Gasteiger partial charge in [-0.05, 0) is 24.1 Å². The summed E-state index contributed by atoms with van der Waals surface area (Å²) in [6, 6.07) is 4.33. The molecule has 0 fully saturated rings. The van der Waals surface area contributed by atoms with Crippen LogP contribution in [0.4, 0.5) is 8.78 Å². The molecule has 1 rings (SSSR count). The molecular weight excluding hydrogens is 188 g/mol. The molecule has 2 nitrogen and oxygen atoms in total. The maximum Gasteiger partial charge on any atom is 0.263 e. The van der Waals surface area contributed by atoms with Crippen molar-refractivity contribution in [3.63, 3.8) is 0 Å². The molecule has 0 spiro atoms. The van der Waals surface area contributed by atoms with Crippen molar-refractivity contribution in [1.82, 2.24) is 0 Å². The number of halogens is 2. The zero-order valence-electron chi connectivity index (χ0n) is 7.63. The molecule has 0 saturated heterocycles. The van der Waals surface area contributed by atoms with Crippen LogP contribution >= 0.6 is 0 Å². The smallest absolute Gasteiger partial charge is 0.211 e. The molecule has 0 radical (unpaired) electrons. The van der Waals surface area contributed by atoms with Gasteiger partial charge in [0.2, 0.25) is 6.08 Å². The van der Waals surface area contributed by atoms with E-state index in [0.717, 1.165) is 5.56 Å². The number of alkyl halides is 2. The molecule has 0 bridgehead atoms. The lowest BCUT2D eigenvalue weighted by Crippen LogP contribution is -1.91. The van der Waals surface area contributed by atoms with Gasteiger partial charge in [0.05, 0.1) is 6.54 Å². The molecular formula is C10H9F2NO. The second-order valence-corrected chi connectivity index (χ2v) is 2.89. The molecule has 14 heavy (non-hydrogen) atoms. The third kappa shape index (κ3) is 2.47. The van der Waals surface area contributed by atoms with Gasteiger partial charge >= 0.3 is 0 Å². The average Bonchev–Trinajstić information content (AvgIpc) is 2.16. The molecule has 4 heteroatoms. The quantitative estimate of drug-likeness (QED) is 0.541. The van der Waals surface area contributed by atoms with Gasteiger partial charge in [-0.2, -0.15) is 0 Å². The highest BCUT2D eigenvalue weighted by atomic mass is 19.3. The van der Waals surface area contributed by atoms with E-state index in [1.807, 2.05) is 0 Å². The van der Waals surface area contributed by atoms with Gasteiger partial charge in [0.15, 0.2) is 0 Å². The van der Waals surface area contributed by atoms with Crippen molar-refractivity contribution in [3.8, 4) is 0 Å². The second kappa shape index (κ2) is 4.63. The Morgan fingerprint density at radius 1 is 1.50 bits per heavy atom. The van der Waals surface area contributed by atoms with Crippen molar-refractivity contribution in [1.29, 1.82) is 0 Å². The molecule has 0 unspecified atom stereocenters. The fourth-order valence-electron chi connectivity index (χ4n) is 1.11. The first kappa shape index (κ1) is 10.5. The number of nitrogens with zero attached hydrogens (tertiary/aromatic N) is 1. The van der Waals surface area contributed by atoms with E-state index < -0.39 is 6.43 Å². The predicted molar refractivity (Wildman–Crippen MR) is 48.0 cm³/mol. The van der Waals surface area contributed by atoms with Crippen molar-refractivity contribution in [2.45, 2.75) is 19.9 Å². The number of hydrogen-bond donors (Lipinski definition) is 0. The molecule has 0 aliphatic carbocycles. The summed E-state index contributed by atoms with van der Waals surface area (Å²) in [6.45, 7) is 1.89. The highest BCUT2D eigenvalue weighted by Gasteiger charge is 2.08. The number of hydrogen-bond acceptors (Lipinski definition) is 2. The minimum absolute atomic E-state index is 0.0494. The summed E-state index contributed by atoms with van der Waals surface area (Å²) in [5.41, 5.74) is 1.42. The van der Waals surface area contributed by atoms with Gasteiger partial charge in [0.1, 0.15) is 0 Å². The van der Waals surface area contributed by atoms with Gasteiger partial charge in [-0.25, -0.2) is 18.6 Å².